The lowest BCUT2D eigenvalue weighted by Crippen LogP contribution is -2.51. The van der Waals surface area contributed by atoms with Crippen molar-refractivity contribution in [2.24, 2.45) is 0 Å². The van der Waals surface area contributed by atoms with Gasteiger partial charge >= 0.3 is 6.09 Å². The van der Waals surface area contributed by atoms with Crippen LogP contribution >= 0.6 is 0 Å². The lowest BCUT2D eigenvalue weighted by Gasteiger charge is -2.33. The monoisotopic (exact) mass is 327 g/mol. The number of carbonyl (C=O) groups is 2. The second-order valence-corrected chi connectivity index (χ2v) is 7.44. The molecule has 0 aromatic carbocycles. The summed E-state index contributed by atoms with van der Waals surface area (Å²) in [5.41, 5.74) is -0.570. The summed E-state index contributed by atoms with van der Waals surface area (Å²) >= 11 is 0. The molecule has 0 unspecified atom stereocenters. The van der Waals surface area contributed by atoms with Gasteiger partial charge in [0, 0.05) is 25.7 Å². The molecule has 2 aliphatic heterocycles. The first kappa shape index (κ1) is 18.0. The number of likely N-dealkylation sites (tertiary alicyclic amines) is 1. The topological polar surface area (TPSA) is 62.3 Å². The molecule has 7 heteroatoms. The van der Waals surface area contributed by atoms with Gasteiger partial charge in [-0.05, 0) is 41.3 Å². The molecule has 2 aliphatic rings. The lowest BCUT2D eigenvalue weighted by atomic mass is 10.1. The minimum absolute atomic E-state index is 0.00325. The van der Waals surface area contributed by atoms with Crippen molar-refractivity contribution >= 4 is 12.0 Å². The van der Waals surface area contributed by atoms with E-state index >= 15 is 0 Å². The smallest absolute Gasteiger partial charge is 0.411 e. The van der Waals surface area contributed by atoms with E-state index < -0.39 is 17.7 Å². The van der Waals surface area contributed by atoms with Crippen molar-refractivity contribution in [3.05, 3.63) is 0 Å². The summed E-state index contributed by atoms with van der Waals surface area (Å²) in [7, 11) is 3.94. The zero-order valence-electron chi connectivity index (χ0n) is 14.9. The van der Waals surface area contributed by atoms with Crippen molar-refractivity contribution < 1.29 is 19.1 Å². The third kappa shape index (κ3) is 4.57. The predicted octanol–water partition coefficient (Wildman–Crippen LogP) is 0.785. The Hall–Kier alpha value is -1.34. The van der Waals surface area contributed by atoms with Crippen molar-refractivity contribution in [2.75, 3.05) is 46.9 Å². The van der Waals surface area contributed by atoms with Crippen molar-refractivity contribution in [2.45, 2.75) is 44.9 Å². The number of amides is 2. The van der Waals surface area contributed by atoms with Gasteiger partial charge in [0.15, 0.2) is 0 Å². The summed E-state index contributed by atoms with van der Waals surface area (Å²) in [6, 6.07) is -0.284. The Morgan fingerprint density at radius 2 is 1.78 bits per heavy atom. The number of morpholine rings is 1. The predicted molar refractivity (Wildman–Crippen MR) is 86.2 cm³/mol. The molecule has 132 valence electrons. The summed E-state index contributed by atoms with van der Waals surface area (Å²) in [6.45, 7) is 8.32. The Balaban J connectivity index is 2.12. The zero-order valence-corrected chi connectivity index (χ0v) is 14.9. The first-order valence-electron chi connectivity index (χ1n) is 8.21. The number of rotatable bonds is 2. The number of ether oxygens (including phenoxy) is 2. The van der Waals surface area contributed by atoms with E-state index in [2.05, 4.69) is 4.90 Å². The quantitative estimate of drug-likeness (QED) is 0.750. The lowest BCUT2D eigenvalue weighted by molar-refractivity contribution is -0.140. The molecule has 2 rings (SSSR count). The van der Waals surface area contributed by atoms with Crippen molar-refractivity contribution in [3.8, 4) is 0 Å². The molecule has 2 amide bonds. The normalized spacial score (nSPS) is 25.8. The zero-order chi connectivity index (χ0) is 17.2. The Morgan fingerprint density at radius 3 is 2.30 bits per heavy atom. The summed E-state index contributed by atoms with van der Waals surface area (Å²) in [6.07, 6.45) is 0.232. The molecule has 0 saturated carbocycles. The van der Waals surface area contributed by atoms with Gasteiger partial charge in [-0.25, -0.2) is 4.79 Å². The van der Waals surface area contributed by atoms with Gasteiger partial charge < -0.3 is 19.3 Å². The maximum Gasteiger partial charge on any atom is 0.411 e. The van der Waals surface area contributed by atoms with Crippen LogP contribution in [0.2, 0.25) is 0 Å². The van der Waals surface area contributed by atoms with Gasteiger partial charge in [0.1, 0.15) is 11.6 Å². The number of hydrogen-bond donors (Lipinski definition) is 0. The van der Waals surface area contributed by atoms with E-state index in [1.165, 1.54) is 0 Å². The van der Waals surface area contributed by atoms with Crippen LogP contribution in [-0.2, 0) is 14.3 Å². The van der Waals surface area contributed by atoms with Crippen molar-refractivity contribution in [1.29, 1.82) is 0 Å². The van der Waals surface area contributed by atoms with Crippen LogP contribution in [0.1, 0.15) is 27.2 Å². The van der Waals surface area contributed by atoms with Gasteiger partial charge in [0.25, 0.3) is 0 Å². The maximum atomic E-state index is 12.9. The third-order valence-electron chi connectivity index (χ3n) is 4.25. The molecular formula is C16H29N3O4. The van der Waals surface area contributed by atoms with Crippen LogP contribution in [0.25, 0.3) is 0 Å². The van der Waals surface area contributed by atoms with Crippen molar-refractivity contribution in [3.63, 3.8) is 0 Å². The van der Waals surface area contributed by atoms with E-state index in [0.717, 1.165) is 0 Å². The molecule has 0 aromatic heterocycles. The maximum absolute atomic E-state index is 12.9. The van der Waals surface area contributed by atoms with Gasteiger partial charge in [-0.1, -0.05) is 0 Å². The van der Waals surface area contributed by atoms with E-state index in [4.69, 9.17) is 9.47 Å². The summed E-state index contributed by atoms with van der Waals surface area (Å²) < 4.78 is 10.8. The van der Waals surface area contributed by atoms with Gasteiger partial charge in [-0.3, -0.25) is 9.69 Å². The number of carbonyl (C=O) groups excluding carboxylic acids is 2. The molecule has 0 bridgehead atoms. The van der Waals surface area contributed by atoms with Crippen LogP contribution in [-0.4, -0.2) is 91.3 Å². The summed E-state index contributed by atoms with van der Waals surface area (Å²) in [4.78, 5) is 30.8. The molecule has 7 nitrogen and oxygen atoms in total. The Morgan fingerprint density at radius 1 is 1.17 bits per heavy atom. The number of likely N-dealkylation sites (N-methyl/N-ethyl adjacent to an activating group) is 1. The van der Waals surface area contributed by atoms with Crippen LogP contribution in [0.3, 0.4) is 0 Å². The third-order valence-corrected chi connectivity index (χ3v) is 4.25. The second kappa shape index (κ2) is 7.05. The van der Waals surface area contributed by atoms with Crippen LogP contribution in [0.15, 0.2) is 0 Å². The molecule has 23 heavy (non-hydrogen) atoms. The molecular weight excluding hydrogens is 298 g/mol. The minimum atomic E-state index is -0.570. The van der Waals surface area contributed by atoms with Gasteiger partial charge in [-0.2, -0.15) is 0 Å². The first-order valence-corrected chi connectivity index (χ1v) is 8.21. The van der Waals surface area contributed by atoms with Crippen LogP contribution in [0, 0.1) is 0 Å². The van der Waals surface area contributed by atoms with Crippen LogP contribution in [0.4, 0.5) is 4.79 Å². The van der Waals surface area contributed by atoms with E-state index in [0.29, 0.717) is 39.3 Å². The minimum Gasteiger partial charge on any atom is -0.444 e. The fourth-order valence-electron chi connectivity index (χ4n) is 2.94. The molecule has 2 saturated heterocycles. The number of hydrogen-bond acceptors (Lipinski definition) is 5. The van der Waals surface area contributed by atoms with Crippen LogP contribution in [0.5, 0.6) is 0 Å². The van der Waals surface area contributed by atoms with E-state index in [-0.39, 0.29) is 11.9 Å². The summed E-state index contributed by atoms with van der Waals surface area (Å²) in [5.74, 6) is 0.00325. The first-order chi connectivity index (χ1) is 10.7. The highest BCUT2D eigenvalue weighted by molar-refractivity contribution is 5.86. The van der Waals surface area contributed by atoms with Gasteiger partial charge in [-0.15, -0.1) is 0 Å². The number of nitrogens with zero attached hydrogens (tertiary/aromatic N) is 3. The van der Waals surface area contributed by atoms with E-state index in [1.54, 1.807) is 9.80 Å². The molecule has 0 aromatic rings. The SMILES string of the molecule is CN(C)[C@H]1C[C@@H](C(=O)N2CCOCC2)N(C(=O)OC(C)(C)C)C1. The highest BCUT2D eigenvalue weighted by Gasteiger charge is 2.43. The molecule has 2 atom stereocenters. The summed E-state index contributed by atoms with van der Waals surface area (Å²) in [5, 5.41) is 0. The Kier molecular flexibility index (Phi) is 5.52. The molecule has 0 spiro atoms. The largest absolute Gasteiger partial charge is 0.444 e. The van der Waals surface area contributed by atoms with E-state index in [1.807, 2.05) is 34.9 Å². The van der Waals surface area contributed by atoms with E-state index in [9.17, 15) is 9.59 Å². The highest BCUT2D eigenvalue weighted by atomic mass is 16.6. The standard InChI is InChI=1S/C16H29N3O4/c1-16(2,3)23-15(21)19-11-12(17(4)5)10-13(19)14(20)18-6-8-22-9-7-18/h12-13H,6-11H2,1-5H3/t12-,13-/m0/s1. The average Bonchev–Trinajstić information content (AvgIpc) is 2.91. The molecule has 0 aliphatic carbocycles. The molecule has 2 fully saturated rings. The van der Waals surface area contributed by atoms with Crippen LogP contribution < -0.4 is 0 Å². The Bertz CT molecular complexity index is 441. The van der Waals surface area contributed by atoms with Gasteiger partial charge in [0.2, 0.25) is 5.91 Å². The van der Waals surface area contributed by atoms with Gasteiger partial charge in [0.05, 0.1) is 13.2 Å². The average molecular weight is 327 g/mol. The molecule has 2 heterocycles. The highest BCUT2D eigenvalue weighted by Crippen LogP contribution is 2.25. The van der Waals surface area contributed by atoms with Crippen molar-refractivity contribution in [1.82, 2.24) is 14.7 Å². The fourth-order valence-corrected chi connectivity index (χ4v) is 2.94. The Labute approximate surface area is 138 Å². The molecule has 0 N–H and O–H groups in total. The molecule has 0 radical (unpaired) electrons. The fraction of sp³-hybridized carbons (Fsp3) is 0.875. The second-order valence-electron chi connectivity index (χ2n) is 7.44.